The molecule has 7 rings (SSSR count). The third-order valence-electron chi connectivity index (χ3n) is 7.53. The maximum atomic E-state index is 12.4. The summed E-state index contributed by atoms with van der Waals surface area (Å²) < 4.78 is 12.8. The first-order valence-electron chi connectivity index (χ1n) is 12.0. The zero-order valence-corrected chi connectivity index (χ0v) is 20.1. The Bertz CT molecular complexity index is 1410. The predicted molar refractivity (Wildman–Crippen MR) is 128 cm³/mol. The van der Waals surface area contributed by atoms with E-state index in [1.807, 2.05) is 12.1 Å². The number of hydrogen-bond donors (Lipinski definition) is 2. The maximum absolute atomic E-state index is 12.4. The van der Waals surface area contributed by atoms with Gasteiger partial charge in [0.1, 0.15) is 23.0 Å². The number of benzene rings is 1. The lowest BCUT2D eigenvalue weighted by atomic mass is 9.75. The third-order valence-corrected chi connectivity index (χ3v) is 7.53. The van der Waals surface area contributed by atoms with Crippen molar-refractivity contribution in [2.75, 3.05) is 13.2 Å². The van der Waals surface area contributed by atoms with Gasteiger partial charge in [-0.05, 0) is 56.7 Å². The van der Waals surface area contributed by atoms with Crippen LogP contribution in [0.4, 0.5) is 0 Å². The number of ether oxygens (including phenoxy) is 1. The molecule has 0 radical (unpaired) electrons. The molecule has 5 heterocycles. The fourth-order valence-corrected chi connectivity index (χ4v) is 5.46. The van der Waals surface area contributed by atoms with Gasteiger partial charge in [-0.3, -0.25) is 4.79 Å². The molecular formula is C27H28N4O4. The normalized spacial score (nSPS) is 22.9. The van der Waals surface area contributed by atoms with Crippen LogP contribution < -0.4 is 5.73 Å². The highest BCUT2D eigenvalue weighted by Crippen LogP contribution is 2.53. The molecule has 2 bridgehead atoms. The van der Waals surface area contributed by atoms with Crippen molar-refractivity contribution < 1.29 is 19.2 Å². The number of hydrogen-bond acceptors (Lipinski definition) is 6. The largest absolute Gasteiger partial charge is 0.380 e. The summed E-state index contributed by atoms with van der Waals surface area (Å²) in [7, 11) is 0. The first-order valence-corrected chi connectivity index (χ1v) is 12.0. The summed E-state index contributed by atoms with van der Waals surface area (Å²) in [5, 5.41) is 14.7. The zero-order valence-electron chi connectivity index (χ0n) is 20.1. The number of aromatic nitrogens is 3. The number of nitrogens with two attached hydrogens (primary N) is 1. The number of rotatable bonds is 4. The minimum atomic E-state index is -1.45. The van der Waals surface area contributed by atoms with Gasteiger partial charge in [0.15, 0.2) is 5.60 Å². The molecule has 35 heavy (non-hydrogen) atoms. The van der Waals surface area contributed by atoms with Crippen LogP contribution in [0.1, 0.15) is 77.4 Å². The molecule has 8 nitrogen and oxygen atoms in total. The molecule has 3 N–H and O–H groups in total. The molecule has 0 spiro atoms. The Morgan fingerprint density at radius 2 is 2.11 bits per heavy atom. The Balaban J connectivity index is 1.44. The van der Waals surface area contributed by atoms with E-state index in [0.717, 1.165) is 35.5 Å². The van der Waals surface area contributed by atoms with E-state index < -0.39 is 11.5 Å². The van der Waals surface area contributed by atoms with Crippen molar-refractivity contribution in [3.8, 4) is 23.2 Å². The van der Waals surface area contributed by atoms with Gasteiger partial charge in [-0.1, -0.05) is 30.0 Å². The average Bonchev–Trinajstić information content (AvgIpc) is 3.29. The fourth-order valence-electron chi connectivity index (χ4n) is 5.46. The minimum absolute atomic E-state index is 0.0162. The lowest BCUT2D eigenvalue weighted by molar-refractivity contribution is -0.101. The van der Waals surface area contributed by atoms with Crippen molar-refractivity contribution in [2.45, 2.75) is 57.6 Å². The summed E-state index contributed by atoms with van der Waals surface area (Å²) in [6, 6.07) is 8.06. The van der Waals surface area contributed by atoms with E-state index in [1.165, 1.54) is 5.56 Å². The van der Waals surface area contributed by atoms with E-state index in [2.05, 4.69) is 34.6 Å². The van der Waals surface area contributed by atoms with Gasteiger partial charge in [0, 0.05) is 28.7 Å². The molecule has 1 aliphatic carbocycles. The van der Waals surface area contributed by atoms with Crippen molar-refractivity contribution in [1.29, 1.82) is 0 Å². The number of imidazole rings is 1. The Morgan fingerprint density at radius 1 is 1.34 bits per heavy atom. The van der Waals surface area contributed by atoms with Crippen LogP contribution in [0.2, 0.25) is 0 Å². The molecule has 3 aromatic rings. The van der Waals surface area contributed by atoms with E-state index in [0.29, 0.717) is 48.7 Å². The second kappa shape index (κ2) is 7.54. The van der Waals surface area contributed by atoms with Crippen LogP contribution >= 0.6 is 0 Å². The van der Waals surface area contributed by atoms with Gasteiger partial charge < -0.3 is 24.7 Å². The van der Waals surface area contributed by atoms with Gasteiger partial charge >= 0.3 is 0 Å². The average molecular weight is 473 g/mol. The molecule has 1 aromatic carbocycles. The van der Waals surface area contributed by atoms with E-state index in [1.54, 1.807) is 19.9 Å². The molecule has 2 fully saturated rings. The van der Waals surface area contributed by atoms with Crippen LogP contribution in [0.5, 0.6) is 0 Å². The monoisotopic (exact) mass is 472 g/mol. The van der Waals surface area contributed by atoms with Crippen molar-refractivity contribution in [3.63, 3.8) is 0 Å². The second-order valence-corrected chi connectivity index (χ2v) is 10.7. The van der Waals surface area contributed by atoms with Crippen LogP contribution in [0.3, 0.4) is 0 Å². The Kier molecular flexibility index (Phi) is 4.76. The Labute approximate surface area is 203 Å². The SMILES string of the molecule is Cc1cc(C(C)(O)C#Cc2ccc3c(c2)-c2nc(C(N)=O)c(CC4(C)COC4)n2C2CC3C2)no1. The number of amides is 1. The van der Waals surface area contributed by atoms with Crippen LogP contribution in [0.15, 0.2) is 28.8 Å². The first kappa shape index (κ1) is 22.1. The van der Waals surface area contributed by atoms with Crippen LogP contribution in [0, 0.1) is 24.2 Å². The highest BCUT2D eigenvalue weighted by Gasteiger charge is 2.43. The highest BCUT2D eigenvalue weighted by molar-refractivity contribution is 5.93. The van der Waals surface area contributed by atoms with E-state index in [4.69, 9.17) is 20.0 Å². The standard InChI is InChI=1S/C27H28N4O4/c1-15-8-22(30-35-15)27(3,33)7-6-16-4-5-19-17-10-18(11-17)31-21(12-26(2)13-34-14-26)23(24(28)32)29-25(31)20(19)9-16/h4-5,8-9,17-18,33H,10-14H2,1-3H3,(H2,28,32). The lowest BCUT2D eigenvalue weighted by Gasteiger charge is -2.40. The van der Waals surface area contributed by atoms with Crippen molar-refractivity contribution >= 4 is 5.91 Å². The zero-order chi connectivity index (χ0) is 24.5. The van der Waals surface area contributed by atoms with Crippen molar-refractivity contribution in [3.05, 3.63) is 58.2 Å². The molecule has 180 valence electrons. The number of aryl methyl sites for hydroxylation is 1. The number of primary amides is 1. The summed E-state index contributed by atoms with van der Waals surface area (Å²) in [6.45, 7) is 6.87. The molecule has 1 unspecified atom stereocenters. The van der Waals surface area contributed by atoms with Crippen molar-refractivity contribution in [1.82, 2.24) is 14.7 Å². The van der Waals surface area contributed by atoms with Gasteiger partial charge in [0.05, 0.1) is 18.9 Å². The number of carbonyl (C=O) groups excluding carboxylic acids is 1. The molecule has 1 atom stereocenters. The Morgan fingerprint density at radius 3 is 2.74 bits per heavy atom. The molecular weight excluding hydrogens is 444 g/mol. The van der Waals surface area contributed by atoms with Crippen molar-refractivity contribution in [2.24, 2.45) is 11.1 Å². The van der Waals surface area contributed by atoms with Crippen LogP contribution in [-0.4, -0.2) is 38.9 Å². The van der Waals surface area contributed by atoms with Crippen LogP contribution in [-0.2, 0) is 16.8 Å². The summed E-state index contributed by atoms with van der Waals surface area (Å²) in [4.78, 5) is 17.2. The predicted octanol–water partition coefficient (Wildman–Crippen LogP) is 3.22. The fraction of sp³-hybridized carbons (Fsp3) is 0.444. The first-order chi connectivity index (χ1) is 16.6. The summed E-state index contributed by atoms with van der Waals surface area (Å²) in [5.41, 5.74) is 8.91. The van der Waals surface area contributed by atoms with Crippen LogP contribution in [0.25, 0.3) is 11.4 Å². The number of nitrogens with zero attached hydrogens (tertiary/aromatic N) is 3. The van der Waals surface area contributed by atoms with Gasteiger partial charge in [0.2, 0.25) is 0 Å². The smallest absolute Gasteiger partial charge is 0.269 e. The van der Waals surface area contributed by atoms with E-state index in [-0.39, 0.29) is 5.41 Å². The van der Waals surface area contributed by atoms with E-state index >= 15 is 0 Å². The Hall–Kier alpha value is -3.41. The summed E-state index contributed by atoms with van der Waals surface area (Å²) in [6.07, 6.45) is 2.73. The molecule has 4 aliphatic rings. The molecule has 1 amide bonds. The molecule has 1 saturated heterocycles. The highest BCUT2D eigenvalue weighted by atomic mass is 16.5. The van der Waals surface area contributed by atoms with Gasteiger partial charge in [-0.2, -0.15) is 0 Å². The van der Waals surface area contributed by atoms with Gasteiger partial charge in [0.25, 0.3) is 5.91 Å². The number of carbonyl (C=O) groups is 1. The molecule has 2 aromatic heterocycles. The second-order valence-electron chi connectivity index (χ2n) is 10.7. The van der Waals surface area contributed by atoms with Gasteiger partial charge in [-0.25, -0.2) is 4.98 Å². The summed E-state index contributed by atoms with van der Waals surface area (Å²) >= 11 is 0. The maximum Gasteiger partial charge on any atom is 0.269 e. The molecule has 8 heteroatoms. The summed E-state index contributed by atoms with van der Waals surface area (Å²) in [5.74, 6) is 7.36. The quantitative estimate of drug-likeness (QED) is 0.563. The third kappa shape index (κ3) is 3.58. The number of aliphatic hydroxyl groups is 1. The minimum Gasteiger partial charge on any atom is -0.380 e. The topological polar surface area (TPSA) is 116 Å². The van der Waals surface area contributed by atoms with E-state index in [9.17, 15) is 9.90 Å². The molecule has 3 aliphatic heterocycles. The lowest BCUT2D eigenvalue weighted by Crippen LogP contribution is -2.42. The molecule has 1 saturated carbocycles. The van der Waals surface area contributed by atoms with Gasteiger partial charge in [-0.15, -0.1) is 0 Å².